The van der Waals surface area contributed by atoms with E-state index in [1.807, 2.05) is 36.4 Å². The van der Waals surface area contributed by atoms with Crippen LogP contribution in [0.25, 0.3) is 34.0 Å². The third-order valence-electron chi connectivity index (χ3n) is 5.63. The third kappa shape index (κ3) is 4.68. The van der Waals surface area contributed by atoms with E-state index in [2.05, 4.69) is 42.6 Å². The highest BCUT2D eigenvalue weighted by molar-refractivity contribution is 5.78. The van der Waals surface area contributed by atoms with Gasteiger partial charge in [-0.05, 0) is 35.4 Å². The lowest BCUT2D eigenvalue weighted by Gasteiger charge is -2.08. The van der Waals surface area contributed by atoms with Gasteiger partial charge in [-0.2, -0.15) is 10.3 Å². The maximum Gasteiger partial charge on any atom is 0.205 e. The Morgan fingerprint density at radius 3 is 2.40 bits per heavy atom. The summed E-state index contributed by atoms with van der Waals surface area (Å²) < 4.78 is 30.4. The third-order valence-corrected chi connectivity index (χ3v) is 5.63. The summed E-state index contributed by atoms with van der Waals surface area (Å²) in [6.45, 7) is 2.45. The van der Waals surface area contributed by atoms with E-state index in [1.54, 1.807) is 10.9 Å². The van der Waals surface area contributed by atoms with Gasteiger partial charge in [-0.25, -0.2) is 18.4 Å². The molecule has 0 radical (unpaired) electrons. The number of nitrogens with one attached hydrogen (secondary N) is 1. The number of halogens is 2. The SMILES string of the molecule is CCCCc1nc(-c2c(F)cccc2F)nn1Cc1ccc(-c2ccccc2-c2nn[nH]n2)nc1. The minimum atomic E-state index is -0.685. The molecule has 0 aliphatic heterocycles. The Balaban J connectivity index is 1.45. The second-order valence-corrected chi connectivity index (χ2v) is 8.04. The van der Waals surface area contributed by atoms with Gasteiger partial charge in [0.25, 0.3) is 0 Å². The normalized spacial score (nSPS) is 11.2. The molecule has 0 amide bonds. The average molecular weight is 473 g/mol. The number of hydrogen-bond donors (Lipinski definition) is 1. The van der Waals surface area contributed by atoms with Crippen molar-refractivity contribution in [2.24, 2.45) is 0 Å². The van der Waals surface area contributed by atoms with Crippen LogP contribution in [-0.2, 0) is 13.0 Å². The highest BCUT2D eigenvalue weighted by Gasteiger charge is 2.19. The van der Waals surface area contributed by atoms with Crippen molar-refractivity contribution < 1.29 is 8.78 Å². The molecule has 5 rings (SSSR count). The zero-order valence-corrected chi connectivity index (χ0v) is 19.0. The number of nitrogens with zero attached hydrogens (tertiary/aromatic N) is 7. The van der Waals surface area contributed by atoms with Crippen molar-refractivity contribution in [2.75, 3.05) is 0 Å². The molecular weight excluding hydrogens is 450 g/mol. The standard InChI is InChI=1S/C25H22F2N8/c1-2-3-11-22-29-25(23-19(26)9-6-10-20(23)27)32-35(22)15-16-12-13-21(28-14-16)17-7-4-5-8-18(17)24-30-33-34-31-24/h4-10,12-14H,2-3,11,15H2,1H3,(H,30,31,33,34). The van der Waals surface area contributed by atoms with Gasteiger partial charge in [0.1, 0.15) is 17.5 Å². The molecule has 1 N–H and O–H groups in total. The molecule has 0 spiro atoms. The first-order valence-corrected chi connectivity index (χ1v) is 11.3. The van der Waals surface area contributed by atoms with Crippen LogP contribution in [0.4, 0.5) is 8.78 Å². The molecule has 0 bridgehead atoms. The lowest BCUT2D eigenvalue weighted by Crippen LogP contribution is -2.07. The fourth-order valence-electron chi connectivity index (χ4n) is 3.87. The molecule has 0 saturated carbocycles. The van der Waals surface area contributed by atoms with E-state index in [9.17, 15) is 8.78 Å². The fraction of sp³-hybridized carbons (Fsp3) is 0.200. The molecule has 2 aromatic carbocycles. The van der Waals surface area contributed by atoms with E-state index in [1.165, 1.54) is 18.2 Å². The predicted octanol–water partition coefficient (Wildman–Crippen LogP) is 4.86. The molecule has 0 atom stereocenters. The van der Waals surface area contributed by atoms with Gasteiger partial charge in [-0.3, -0.25) is 4.98 Å². The smallest absolute Gasteiger partial charge is 0.205 e. The molecule has 0 saturated heterocycles. The van der Waals surface area contributed by atoms with E-state index in [0.29, 0.717) is 24.6 Å². The molecule has 35 heavy (non-hydrogen) atoms. The van der Waals surface area contributed by atoms with Crippen molar-refractivity contribution in [1.29, 1.82) is 0 Å². The zero-order valence-electron chi connectivity index (χ0n) is 19.0. The predicted molar refractivity (Wildman–Crippen MR) is 126 cm³/mol. The Morgan fingerprint density at radius 2 is 1.71 bits per heavy atom. The molecule has 5 aromatic rings. The van der Waals surface area contributed by atoms with Crippen molar-refractivity contribution >= 4 is 0 Å². The van der Waals surface area contributed by atoms with Crippen molar-refractivity contribution in [2.45, 2.75) is 32.7 Å². The maximum atomic E-state index is 14.3. The summed E-state index contributed by atoms with van der Waals surface area (Å²) in [5.74, 6) is -0.158. The van der Waals surface area contributed by atoms with E-state index >= 15 is 0 Å². The first-order valence-electron chi connectivity index (χ1n) is 11.3. The quantitative estimate of drug-likeness (QED) is 0.346. The van der Waals surface area contributed by atoms with Crippen molar-refractivity contribution in [1.82, 2.24) is 40.4 Å². The first kappa shape index (κ1) is 22.5. The number of unbranched alkanes of at least 4 members (excludes halogenated alkanes) is 1. The Hall–Kier alpha value is -4.34. The van der Waals surface area contributed by atoms with Crippen LogP contribution >= 0.6 is 0 Å². The van der Waals surface area contributed by atoms with Gasteiger partial charge < -0.3 is 0 Å². The van der Waals surface area contributed by atoms with Crippen LogP contribution in [0.2, 0.25) is 0 Å². The molecule has 0 fully saturated rings. The molecule has 8 nitrogen and oxygen atoms in total. The molecule has 3 aromatic heterocycles. The maximum absolute atomic E-state index is 14.3. The number of aryl methyl sites for hydroxylation is 1. The van der Waals surface area contributed by atoms with Gasteiger partial charge >= 0.3 is 0 Å². The van der Waals surface area contributed by atoms with Crippen molar-refractivity contribution in [3.05, 3.63) is 83.8 Å². The lowest BCUT2D eigenvalue weighted by atomic mass is 10.0. The number of aromatic amines is 1. The second kappa shape index (κ2) is 9.88. The first-order chi connectivity index (χ1) is 17.1. The minimum Gasteiger partial charge on any atom is -0.256 e. The number of rotatable bonds is 8. The topological polar surface area (TPSA) is 98.1 Å². The van der Waals surface area contributed by atoms with Gasteiger partial charge in [-0.1, -0.05) is 49.7 Å². The molecule has 0 unspecified atom stereocenters. The number of tetrazole rings is 1. The van der Waals surface area contributed by atoms with Gasteiger partial charge in [0.05, 0.1) is 17.8 Å². The van der Waals surface area contributed by atoms with E-state index in [4.69, 9.17) is 0 Å². The van der Waals surface area contributed by atoms with Gasteiger partial charge in [0, 0.05) is 23.7 Å². The summed E-state index contributed by atoms with van der Waals surface area (Å²) in [6, 6.07) is 15.3. The van der Waals surface area contributed by atoms with Gasteiger partial charge in [-0.15, -0.1) is 10.2 Å². The number of H-pyrrole nitrogens is 1. The summed E-state index contributed by atoms with van der Waals surface area (Å²) in [6.07, 6.45) is 4.27. The largest absolute Gasteiger partial charge is 0.256 e. The summed E-state index contributed by atoms with van der Waals surface area (Å²) in [5, 5.41) is 18.7. The van der Waals surface area contributed by atoms with Crippen LogP contribution < -0.4 is 0 Å². The Bertz CT molecular complexity index is 1410. The molecular formula is C25H22F2N8. The molecule has 176 valence electrons. The minimum absolute atomic E-state index is 0.0466. The van der Waals surface area contributed by atoms with Crippen LogP contribution in [-0.4, -0.2) is 40.4 Å². The highest BCUT2D eigenvalue weighted by Crippen LogP contribution is 2.28. The molecule has 0 aliphatic rings. The van der Waals surface area contributed by atoms with Crippen molar-refractivity contribution in [3.8, 4) is 34.0 Å². The molecule has 0 aliphatic carbocycles. The second-order valence-electron chi connectivity index (χ2n) is 8.04. The van der Waals surface area contributed by atoms with Crippen LogP contribution in [0, 0.1) is 11.6 Å². The summed E-state index contributed by atoms with van der Waals surface area (Å²) in [4.78, 5) is 9.10. The summed E-state index contributed by atoms with van der Waals surface area (Å²) >= 11 is 0. The number of pyridine rings is 1. The Labute approximate surface area is 200 Å². The van der Waals surface area contributed by atoms with Crippen molar-refractivity contribution in [3.63, 3.8) is 0 Å². The highest BCUT2D eigenvalue weighted by atomic mass is 19.1. The molecule has 10 heteroatoms. The summed E-state index contributed by atoms with van der Waals surface area (Å²) in [7, 11) is 0. The number of benzene rings is 2. The Kier molecular flexibility index (Phi) is 6.34. The van der Waals surface area contributed by atoms with Crippen LogP contribution in [0.1, 0.15) is 31.2 Å². The van der Waals surface area contributed by atoms with Crippen LogP contribution in [0.15, 0.2) is 60.8 Å². The Morgan fingerprint density at radius 1 is 0.914 bits per heavy atom. The van der Waals surface area contributed by atoms with E-state index in [0.717, 1.165) is 35.2 Å². The number of aromatic nitrogens is 8. The molecule has 3 heterocycles. The monoisotopic (exact) mass is 472 g/mol. The lowest BCUT2D eigenvalue weighted by molar-refractivity contribution is 0.585. The van der Waals surface area contributed by atoms with Crippen LogP contribution in [0.5, 0.6) is 0 Å². The van der Waals surface area contributed by atoms with E-state index < -0.39 is 11.6 Å². The fourth-order valence-corrected chi connectivity index (χ4v) is 3.87. The van der Waals surface area contributed by atoms with E-state index in [-0.39, 0.29) is 11.4 Å². The van der Waals surface area contributed by atoms with Gasteiger partial charge in [0.2, 0.25) is 5.82 Å². The summed E-state index contributed by atoms with van der Waals surface area (Å²) in [5.41, 5.74) is 3.12. The zero-order chi connectivity index (χ0) is 24.2. The average Bonchev–Trinajstić information content (AvgIpc) is 3.54. The van der Waals surface area contributed by atoms with Crippen LogP contribution in [0.3, 0.4) is 0 Å². The van der Waals surface area contributed by atoms with Gasteiger partial charge in [0.15, 0.2) is 5.82 Å². The number of hydrogen-bond acceptors (Lipinski definition) is 6.